The Morgan fingerprint density at radius 3 is 0.683 bits per heavy atom. The van der Waals surface area contributed by atoms with Gasteiger partial charge in [0.25, 0.3) is 0 Å². The van der Waals surface area contributed by atoms with E-state index in [1.54, 1.807) is 64.0 Å². The van der Waals surface area contributed by atoms with Crippen molar-refractivity contribution in [1.82, 2.24) is 0 Å². The third kappa shape index (κ3) is 13.9. The van der Waals surface area contributed by atoms with Gasteiger partial charge < -0.3 is 53.1 Å². The van der Waals surface area contributed by atoms with Crippen LogP contribution >= 0.6 is 0 Å². The van der Waals surface area contributed by atoms with Crippen molar-refractivity contribution in [3.8, 4) is 0 Å². The van der Waals surface area contributed by atoms with Crippen molar-refractivity contribution in [3.63, 3.8) is 0 Å². The summed E-state index contributed by atoms with van der Waals surface area (Å²) in [5, 5.41) is 0. The average molecular weight is 713 g/mol. The Balaban J connectivity index is 6.14. The third-order valence-electron chi connectivity index (χ3n) is 7.28. The molecule has 0 aromatic carbocycles. The van der Waals surface area contributed by atoms with Gasteiger partial charge in [-0.1, -0.05) is 0 Å². The van der Waals surface area contributed by atoms with Gasteiger partial charge in [0.15, 0.2) is 25.0 Å². The normalized spacial score (nSPS) is 14.7. The maximum atomic E-state index is 6.96. The summed E-state index contributed by atoms with van der Waals surface area (Å²) < 4.78 is 71.9. The van der Waals surface area contributed by atoms with Crippen molar-refractivity contribution in [1.29, 1.82) is 0 Å². The molecule has 0 saturated heterocycles. The van der Waals surface area contributed by atoms with Gasteiger partial charge in [0.2, 0.25) is 5.60 Å². The maximum absolute atomic E-state index is 6.96. The fourth-order valence-corrected chi connectivity index (χ4v) is 27.8. The summed E-state index contributed by atoms with van der Waals surface area (Å²) in [6.45, 7) is 13.0. The maximum Gasteiger partial charge on any atom is 0.499 e. The van der Waals surface area contributed by atoms with Gasteiger partial charge >= 0.3 is 26.4 Å². The molecule has 0 amide bonds. The van der Waals surface area contributed by atoms with Crippen molar-refractivity contribution in [2.45, 2.75) is 81.1 Å². The molecule has 0 fully saturated rings. The average Bonchev–Trinajstić information content (AvgIpc) is 2.90. The standard InChI is InChI=1S/C22H60O12Si7/c1-23-39(24-2,25-3)19-16-36(10,11)32-22(35,33-37(12,13)17-20-40(26-4,27-5)28-6)34-38(14,15)18-21-41(29-7,30-8)31-9/h16-21H2,1-15,35H3. The van der Waals surface area contributed by atoms with Crippen LogP contribution in [0.5, 0.6) is 0 Å². The molecule has 0 aromatic rings. The van der Waals surface area contributed by atoms with Crippen LogP contribution in [0.15, 0.2) is 0 Å². The lowest BCUT2D eigenvalue weighted by Gasteiger charge is -2.46. The molecule has 248 valence electrons. The Labute approximate surface area is 259 Å². The van der Waals surface area contributed by atoms with Crippen molar-refractivity contribution in [3.05, 3.63) is 0 Å². The first kappa shape index (κ1) is 42.0. The van der Waals surface area contributed by atoms with Gasteiger partial charge in [-0.3, -0.25) is 0 Å². The van der Waals surface area contributed by atoms with E-state index in [1.807, 2.05) is 0 Å². The molecule has 41 heavy (non-hydrogen) atoms. The molecule has 19 heteroatoms. The summed E-state index contributed by atoms with van der Waals surface area (Å²) in [7, 11) is -0.191. The molecule has 0 aliphatic carbocycles. The fourth-order valence-electron chi connectivity index (χ4n) is 4.75. The second kappa shape index (κ2) is 17.7. The molecule has 12 nitrogen and oxygen atoms in total. The van der Waals surface area contributed by atoms with E-state index in [9.17, 15) is 0 Å². The van der Waals surface area contributed by atoms with E-state index < -0.39 is 57.0 Å². The number of hydrogen-bond donors (Lipinski definition) is 0. The van der Waals surface area contributed by atoms with Crippen LogP contribution in [0.2, 0.25) is 75.5 Å². The molecule has 0 bridgehead atoms. The predicted octanol–water partition coefficient (Wildman–Crippen LogP) is 3.26. The zero-order valence-corrected chi connectivity index (χ0v) is 36.6. The minimum absolute atomic E-state index is 0.499. The van der Waals surface area contributed by atoms with Gasteiger partial charge in [-0.05, 0) is 57.4 Å². The first-order valence-corrected chi connectivity index (χ1v) is 30.0. The summed E-state index contributed by atoms with van der Waals surface area (Å²) in [6, 6.07) is 4.20. The van der Waals surface area contributed by atoms with E-state index in [0.717, 1.165) is 18.1 Å². The topological polar surface area (TPSA) is 111 Å². The SMILES string of the molecule is CO[Si](CC[Si](C)(C)OC([SiH3])(O[Si](C)(C)CC[Si](OC)(OC)OC)O[Si](C)(C)CC[Si](OC)(OC)OC)(OC)OC. The zero-order valence-electron chi connectivity index (χ0n) is 28.6. The molecule has 0 unspecified atom stereocenters. The quantitative estimate of drug-likeness (QED) is 0.108. The highest BCUT2D eigenvalue weighted by Gasteiger charge is 2.49. The third-order valence-corrected chi connectivity index (χ3v) is 25.9. The second-order valence-electron chi connectivity index (χ2n) is 11.8. The van der Waals surface area contributed by atoms with E-state index in [0.29, 0.717) is 28.4 Å². The highest BCUT2D eigenvalue weighted by Crippen LogP contribution is 2.35. The van der Waals surface area contributed by atoms with Crippen LogP contribution in [-0.2, 0) is 53.1 Å². The summed E-state index contributed by atoms with van der Waals surface area (Å²) in [5.41, 5.74) is -1.13. The molecule has 0 aliphatic heterocycles. The van der Waals surface area contributed by atoms with Crippen LogP contribution in [0, 0.1) is 0 Å². The van der Waals surface area contributed by atoms with Gasteiger partial charge in [0, 0.05) is 82.1 Å². The van der Waals surface area contributed by atoms with E-state index in [1.165, 1.54) is 0 Å². The van der Waals surface area contributed by atoms with Crippen LogP contribution < -0.4 is 0 Å². The van der Waals surface area contributed by atoms with Crippen LogP contribution in [0.1, 0.15) is 0 Å². The van der Waals surface area contributed by atoms with Crippen LogP contribution in [0.25, 0.3) is 0 Å². The van der Waals surface area contributed by atoms with Crippen molar-refractivity contribution < 1.29 is 53.1 Å². The van der Waals surface area contributed by atoms with Gasteiger partial charge in [0.1, 0.15) is 10.2 Å². The molecule has 0 N–H and O–H groups in total. The molecular formula is C22H60O12Si7. The Morgan fingerprint density at radius 1 is 0.366 bits per heavy atom. The van der Waals surface area contributed by atoms with Crippen LogP contribution in [0.3, 0.4) is 0 Å². The second-order valence-corrected chi connectivity index (χ2v) is 35.0. The highest BCUT2D eigenvalue weighted by molar-refractivity contribution is 6.76. The highest BCUT2D eigenvalue weighted by atomic mass is 28.4. The molecule has 0 saturated carbocycles. The monoisotopic (exact) mass is 712 g/mol. The fraction of sp³-hybridized carbons (Fsp3) is 1.00. The van der Waals surface area contributed by atoms with Gasteiger partial charge in [-0.15, -0.1) is 0 Å². The van der Waals surface area contributed by atoms with Gasteiger partial charge in [0.05, 0.1) is 0 Å². The summed E-state index contributed by atoms with van der Waals surface area (Å²) in [6.07, 6.45) is 0. The minimum Gasteiger partial charge on any atom is -0.377 e. The van der Waals surface area contributed by atoms with E-state index in [-0.39, 0.29) is 0 Å². The Morgan fingerprint density at radius 2 is 0.537 bits per heavy atom. The van der Waals surface area contributed by atoms with Crippen molar-refractivity contribution in [2.75, 3.05) is 64.0 Å². The first-order valence-electron chi connectivity index (χ1n) is 13.9. The zero-order chi connectivity index (χ0) is 32.2. The molecule has 0 rings (SSSR count). The molecular weight excluding hydrogens is 653 g/mol. The predicted molar refractivity (Wildman–Crippen MR) is 178 cm³/mol. The number of rotatable bonds is 24. The van der Waals surface area contributed by atoms with E-state index in [2.05, 4.69) is 39.3 Å². The van der Waals surface area contributed by atoms with E-state index >= 15 is 0 Å². The Hall–Kier alpha value is 1.04. The molecule has 0 heterocycles. The molecule has 0 radical (unpaired) electrons. The first-order chi connectivity index (χ1) is 18.8. The molecule has 0 atom stereocenters. The smallest absolute Gasteiger partial charge is 0.377 e. The Bertz CT molecular complexity index is 618. The van der Waals surface area contributed by atoms with Gasteiger partial charge in [-0.25, -0.2) is 0 Å². The number of hydrogen-bond acceptors (Lipinski definition) is 12. The minimum atomic E-state index is -2.76. The van der Waals surface area contributed by atoms with E-state index in [4.69, 9.17) is 53.1 Å². The lowest BCUT2D eigenvalue weighted by atomic mass is 10.9. The van der Waals surface area contributed by atoms with Crippen LogP contribution in [0.4, 0.5) is 0 Å². The summed E-state index contributed by atoms with van der Waals surface area (Å²) in [4.78, 5) is 0. The van der Waals surface area contributed by atoms with Crippen molar-refractivity contribution in [2.24, 2.45) is 0 Å². The summed E-state index contributed by atoms with van der Waals surface area (Å²) >= 11 is 0. The molecule has 0 spiro atoms. The Kier molecular flexibility index (Phi) is 18.1. The molecule has 0 aromatic heterocycles. The van der Waals surface area contributed by atoms with Crippen LogP contribution in [-0.4, -0.2) is 131 Å². The van der Waals surface area contributed by atoms with Gasteiger partial charge in [-0.2, -0.15) is 0 Å². The lowest BCUT2D eigenvalue weighted by molar-refractivity contribution is -0.203. The summed E-state index contributed by atoms with van der Waals surface area (Å²) in [5.74, 6) is 0. The lowest BCUT2D eigenvalue weighted by Crippen LogP contribution is -2.59. The largest absolute Gasteiger partial charge is 0.499 e. The van der Waals surface area contributed by atoms with Crippen molar-refractivity contribution >= 4 is 61.6 Å². The molecule has 0 aliphatic rings.